The average Bonchev–Trinajstić information content (AvgIpc) is 3.41. The third-order valence-corrected chi connectivity index (χ3v) is 5.66. The molecule has 1 N–H and O–H groups in total. The van der Waals surface area contributed by atoms with Gasteiger partial charge in [0.05, 0.1) is 28.1 Å². The number of hydrogen-bond acceptors (Lipinski definition) is 9. The van der Waals surface area contributed by atoms with Crippen LogP contribution < -0.4 is 10.1 Å². The summed E-state index contributed by atoms with van der Waals surface area (Å²) in [7, 11) is 1.20. The zero-order chi connectivity index (χ0) is 26.0. The van der Waals surface area contributed by atoms with E-state index in [2.05, 4.69) is 31.0 Å². The molecular formula is C22H14BrClN4O8. The molecule has 12 nitrogen and oxygen atoms in total. The quantitative estimate of drug-likeness (QED) is 0.139. The van der Waals surface area contributed by atoms with Gasteiger partial charge < -0.3 is 19.2 Å². The van der Waals surface area contributed by atoms with E-state index in [9.17, 15) is 24.5 Å². The maximum atomic E-state index is 12.8. The van der Waals surface area contributed by atoms with Crippen molar-refractivity contribution in [2.45, 2.75) is 6.54 Å². The summed E-state index contributed by atoms with van der Waals surface area (Å²) in [5.74, 6) is -0.857. The molecule has 1 aliphatic heterocycles. The van der Waals surface area contributed by atoms with Gasteiger partial charge >= 0.3 is 12.0 Å². The first-order valence-corrected chi connectivity index (χ1v) is 11.1. The number of benzene rings is 1. The highest BCUT2D eigenvalue weighted by molar-refractivity contribution is 9.10. The van der Waals surface area contributed by atoms with Gasteiger partial charge in [0.25, 0.3) is 11.6 Å². The van der Waals surface area contributed by atoms with Crippen LogP contribution >= 0.6 is 27.5 Å². The number of nitrogens with zero attached hydrogens (tertiary/aromatic N) is 3. The molecule has 1 fully saturated rings. The Morgan fingerprint density at radius 3 is 2.72 bits per heavy atom. The Morgan fingerprint density at radius 1 is 1.31 bits per heavy atom. The van der Waals surface area contributed by atoms with Crippen molar-refractivity contribution in [1.82, 2.24) is 15.2 Å². The number of imide groups is 1. The molecule has 0 spiro atoms. The van der Waals surface area contributed by atoms with Crippen molar-refractivity contribution in [3.63, 3.8) is 0 Å². The Labute approximate surface area is 215 Å². The van der Waals surface area contributed by atoms with E-state index in [1.807, 2.05) is 0 Å². The summed E-state index contributed by atoms with van der Waals surface area (Å²) in [4.78, 5) is 51.7. The predicted octanol–water partition coefficient (Wildman–Crippen LogP) is 4.67. The van der Waals surface area contributed by atoms with Crippen LogP contribution in [0.1, 0.15) is 21.9 Å². The third kappa shape index (κ3) is 5.21. The standard InChI is InChI=1S/C22H14BrClN4O8/c1-34-21(30)17-4-3-13(35-17)10-27-20(29)16(26-22(27)31)8-11-6-14(23)19(15(24)7-11)36-18-5-2-12(9-25-18)28(32)33/h2-9H,10H2,1H3,(H,26,31)/b16-8-. The number of carbonyl (C=O) groups excluding carboxylic acids is 3. The molecule has 0 atom stereocenters. The van der Waals surface area contributed by atoms with Crippen LogP contribution in [0.5, 0.6) is 11.6 Å². The summed E-state index contributed by atoms with van der Waals surface area (Å²) in [5, 5.41) is 13.4. The first-order chi connectivity index (χ1) is 17.2. The molecule has 0 aliphatic carbocycles. The van der Waals surface area contributed by atoms with Gasteiger partial charge in [0, 0.05) is 12.1 Å². The predicted molar refractivity (Wildman–Crippen MR) is 127 cm³/mol. The molecule has 14 heteroatoms. The van der Waals surface area contributed by atoms with E-state index in [-0.39, 0.29) is 46.1 Å². The van der Waals surface area contributed by atoms with E-state index < -0.39 is 22.8 Å². The molecule has 3 heterocycles. The van der Waals surface area contributed by atoms with Crippen molar-refractivity contribution >= 4 is 57.2 Å². The Kier molecular flexibility index (Phi) is 7.03. The molecule has 0 saturated carbocycles. The van der Waals surface area contributed by atoms with Gasteiger partial charge in [0.1, 0.15) is 17.7 Å². The fraction of sp³-hybridized carbons (Fsp3) is 0.0909. The first kappa shape index (κ1) is 24.9. The highest BCUT2D eigenvalue weighted by Gasteiger charge is 2.34. The minimum absolute atomic E-state index is 0.00609. The number of aromatic nitrogens is 1. The zero-order valence-corrected chi connectivity index (χ0v) is 20.5. The molecule has 1 aliphatic rings. The lowest BCUT2D eigenvalue weighted by Crippen LogP contribution is -2.30. The van der Waals surface area contributed by atoms with Gasteiger partial charge in [-0.15, -0.1) is 0 Å². The topological polar surface area (TPSA) is 154 Å². The Bertz CT molecular complexity index is 1400. The highest BCUT2D eigenvalue weighted by atomic mass is 79.9. The number of ether oxygens (including phenoxy) is 2. The Morgan fingerprint density at radius 2 is 2.08 bits per heavy atom. The van der Waals surface area contributed by atoms with Crippen LogP contribution in [0, 0.1) is 10.1 Å². The highest BCUT2D eigenvalue weighted by Crippen LogP contribution is 2.38. The number of esters is 1. The molecule has 0 unspecified atom stereocenters. The molecule has 1 aromatic carbocycles. The third-order valence-electron chi connectivity index (χ3n) is 4.79. The van der Waals surface area contributed by atoms with Gasteiger partial charge in [-0.25, -0.2) is 14.6 Å². The van der Waals surface area contributed by atoms with Gasteiger partial charge in [-0.1, -0.05) is 11.6 Å². The van der Waals surface area contributed by atoms with E-state index in [1.165, 1.54) is 43.5 Å². The second kappa shape index (κ2) is 10.2. The van der Waals surface area contributed by atoms with Gasteiger partial charge in [-0.3, -0.25) is 19.8 Å². The van der Waals surface area contributed by atoms with Crippen molar-refractivity contribution in [1.29, 1.82) is 0 Å². The number of rotatable bonds is 7. The molecule has 0 bridgehead atoms. The van der Waals surface area contributed by atoms with E-state index >= 15 is 0 Å². The zero-order valence-electron chi connectivity index (χ0n) is 18.2. The number of nitrogens with one attached hydrogen (secondary N) is 1. The second-order valence-corrected chi connectivity index (χ2v) is 8.43. The molecule has 4 rings (SSSR count). The molecule has 3 amide bonds. The summed E-state index contributed by atoms with van der Waals surface area (Å²) < 4.78 is 15.9. The van der Waals surface area contributed by atoms with Crippen LogP contribution in [0.25, 0.3) is 6.08 Å². The van der Waals surface area contributed by atoms with Crippen molar-refractivity contribution < 1.29 is 33.2 Å². The Balaban J connectivity index is 1.50. The van der Waals surface area contributed by atoms with Crippen LogP contribution in [0.4, 0.5) is 10.5 Å². The lowest BCUT2D eigenvalue weighted by molar-refractivity contribution is -0.385. The van der Waals surface area contributed by atoms with Gasteiger partial charge in [-0.05, 0) is 51.8 Å². The number of nitro groups is 1. The molecule has 1 saturated heterocycles. The van der Waals surface area contributed by atoms with Crippen molar-refractivity contribution in [2.24, 2.45) is 0 Å². The summed E-state index contributed by atoms with van der Waals surface area (Å²) in [6.07, 6.45) is 2.47. The van der Waals surface area contributed by atoms with Gasteiger partial charge in [0.2, 0.25) is 11.6 Å². The molecule has 0 radical (unpaired) electrons. The maximum absolute atomic E-state index is 12.8. The van der Waals surface area contributed by atoms with E-state index in [0.29, 0.717) is 10.0 Å². The molecule has 3 aromatic rings. The van der Waals surface area contributed by atoms with E-state index in [4.69, 9.17) is 20.8 Å². The number of hydrogen-bond donors (Lipinski definition) is 1. The maximum Gasteiger partial charge on any atom is 0.373 e. The van der Waals surface area contributed by atoms with Crippen LogP contribution in [0.3, 0.4) is 0 Å². The van der Waals surface area contributed by atoms with E-state index in [0.717, 1.165) is 11.1 Å². The smallest absolute Gasteiger partial charge is 0.373 e. The van der Waals surface area contributed by atoms with Crippen LogP contribution in [0.2, 0.25) is 5.02 Å². The molecule has 2 aromatic heterocycles. The molecule has 36 heavy (non-hydrogen) atoms. The largest absolute Gasteiger partial charge is 0.463 e. The van der Waals surface area contributed by atoms with Crippen molar-refractivity contribution in [2.75, 3.05) is 7.11 Å². The first-order valence-electron chi connectivity index (χ1n) is 9.95. The monoisotopic (exact) mass is 576 g/mol. The number of urea groups is 1. The molecular weight excluding hydrogens is 564 g/mol. The molecule has 184 valence electrons. The summed E-state index contributed by atoms with van der Waals surface area (Å²) in [6.45, 7) is -0.196. The lowest BCUT2D eigenvalue weighted by Gasteiger charge is -2.10. The second-order valence-electron chi connectivity index (χ2n) is 7.16. The van der Waals surface area contributed by atoms with Crippen LogP contribution in [0.15, 0.2) is 57.2 Å². The number of halogens is 2. The van der Waals surface area contributed by atoms with E-state index in [1.54, 1.807) is 6.07 Å². The lowest BCUT2D eigenvalue weighted by atomic mass is 10.2. The number of amides is 3. The van der Waals surface area contributed by atoms with Crippen LogP contribution in [-0.2, 0) is 16.1 Å². The number of pyridine rings is 1. The van der Waals surface area contributed by atoms with Crippen molar-refractivity contribution in [3.8, 4) is 11.6 Å². The number of furan rings is 1. The number of methoxy groups -OCH3 is 1. The minimum atomic E-state index is -0.682. The summed E-state index contributed by atoms with van der Waals surface area (Å²) in [6, 6.07) is 7.83. The fourth-order valence-electron chi connectivity index (χ4n) is 3.12. The SMILES string of the molecule is COC(=O)c1ccc(CN2C(=O)N/C(=C\c3cc(Cl)c(Oc4ccc([N+](=O)[O-])cn4)c(Br)c3)C2=O)o1. The fourth-order valence-corrected chi connectivity index (χ4v) is 4.06. The average molecular weight is 578 g/mol. The normalized spacial score (nSPS) is 14.2. The number of carbonyl (C=O) groups is 3. The van der Waals surface area contributed by atoms with Crippen molar-refractivity contribution in [3.05, 3.63) is 85.0 Å². The van der Waals surface area contributed by atoms with Crippen LogP contribution in [-0.4, -0.2) is 39.8 Å². The summed E-state index contributed by atoms with van der Waals surface area (Å²) >= 11 is 9.68. The van der Waals surface area contributed by atoms with Gasteiger partial charge in [0.15, 0.2) is 5.75 Å². The minimum Gasteiger partial charge on any atom is -0.463 e. The summed E-state index contributed by atoms with van der Waals surface area (Å²) in [5.41, 5.74) is 0.267. The Hall–Kier alpha value is -4.23. The van der Waals surface area contributed by atoms with Gasteiger partial charge in [-0.2, -0.15) is 0 Å².